The third kappa shape index (κ3) is 3.11. The van der Waals surface area contributed by atoms with Gasteiger partial charge in [-0.3, -0.25) is 5.41 Å². The van der Waals surface area contributed by atoms with E-state index in [-0.39, 0.29) is 18.1 Å². The molecule has 0 spiro atoms. The molecule has 28 heavy (non-hydrogen) atoms. The number of benzene rings is 2. The van der Waals surface area contributed by atoms with E-state index in [4.69, 9.17) is 22.0 Å². The number of aliphatic hydroxyl groups is 1. The fourth-order valence-electron chi connectivity index (χ4n) is 3.32. The molecular formula is C22H20ClN3OS. The average molecular weight is 410 g/mol. The van der Waals surface area contributed by atoms with Crippen molar-refractivity contribution in [1.82, 2.24) is 4.98 Å². The Balaban J connectivity index is 1.67. The van der Waals surface area contributed by atoms with Gasteiger partial charge < -0.3 is 10.0 Å². The molecule has 0 saturated heterocycles. The SMILES string of the molecule is Cc1ccc(-c2csc(C3=C(O)CN(c4cccc(Cl)c4C)C3=N)n2)cc1C. The molecule has 0 radical (unpaired) electrons. The van der Waals surface area contributed by atoms with Gasteiger partial charge in [0.15, 0.2) is 0 Å². The highest BCUT2D eigenvalue weighted by molar-refractivity contribution is 7.11. The van der Waals surface area contributed by atoms with Crippen molar-refractivity contribution in [3.05, 3.63) is 74.3 Å². The molecule has 4 nitrogen and oxygen atoms in total. The number of anilines is 1. The van der Waals surface area contributed by atoms with Crippen LogP contribution in [0.4, 0.5) is 5.69 Å². The van der Waals surface area contributed by atoms with Gasteiger partial charge in [0.25, 0.3) is 0 Å². The Hall–Kier alpha value is -2.63. The summed E-state index contributed by atoms with van der Waals surface area (Å²) in [7, 11) is 0. The Labute approximate surface area is 173 Å². The monoisotopic (exact) mass is 409 g/mol. The molecule has 1 aliphatic heterocycles. The zero-order valence-electron chi connectivity index (χ0n) is 15.9. The van der Waals surface area contributed by atoms with Crippen LogP contribution in [-0.4, -0.2) is 22.5 Å². The summed E-state index contributed by atoms with van der Waals surface area (Å²) in [6, 6.07) is 11.8. The van der Waals surface area contributed by atoms with Gasteiger partial charge in [-0.2, -0.15) is 0 Å². The van der Waals surface area contributed by atoms with E-state index in [9.17, 15) is 5.11 Å². The molecule has 0 fully saturated rings. The summed E-state index contributed by atoms with van der Waals surface area (Å²) in [6.45, 7) is 6.33. The standard InChI is InChI=1S/C22H20ClN3OS/c1-12-7-8-15(9-13(12)2)17-11-28-22(25-17)20-19(27)10-26(21(20)24)18-6-4-5-16(23)14(18)3/h4-9,11,24,27H,10H2,1-3H3. The summed E-state index contributed by atoms with van der Waals surface area (Å²) in [6.07, 6.45) is 0. The molecular weight excluding hydrogens is 390 g/mol. The maximum absolute atomic E-state index is 10.6. The predicted molar refractivity (Wildman–Crippen MR) is 118 cm³/mol. The Morgan fingerprint density at radius 1 is 1.14 bits per heavy atom. The maximum Gasteiger partial charge on any atom is 0.139 e. The Kier molecular flexibility index (Phi) is 4.73. The lowest BCUT2D eigenvalue weighted by Gasteiger charge is -2.21. The number of aliphatic hydroxyl groups excluding tert-OH is 1. The first-order valence-corrected chi connectivity index (χ1v) is 10.2. The molecule has 2 aromatic carbocycles. The zero-order chi connectivity index (χ0) is 20.0. The van der Waals surface area contributed by atoms with Crippen molar-refractivity contribution >= 4 is 40.0 Å². The van der Waals surface area contributed by atoms with E-state index < -0.39 is 0 Å². The van der Waals surface area contributed by atoms with E-state index in [1.54, 1.807) is 4.90 Å². The van der Waals surface area contributed by atoms with Crippen LogP contribution in [0.5, 0.6) is 0 Å². The van der Waals surface area contributed by atoms with Crippen molar-refractivity contribution in [3.8, 4) is 11.3 Å². The molecule has 1 aromatic heterocycles. The summed E-state index contributed by atoms with van der Waals surface area (Å²) in [5.41, 5.74) is 6.55. The van der Waals surface area contributed by atoms with Gasteiger partial charge in [0.2, 0.25) is 0 Å². The third-order valence-electron chi connectivity index (χ3n) is 5.15. The number of hydrogen-bond acceptors (Lipinski definition) is 4. The normalized spacial score (nSPS) is 14.3. The minimum absolute atomic E-state index is 0.158. The second-order valence-electron chi connectivity index (χ2n) is 6.98. The van der Waals surface area contributed by atoms with E-state index in [2.05, 4.69) is 32.0 Å². The lowest BCUT2D eigenvalue weighted by Crippen LogP contribution is -2.26. The molecule has 4 rings (SSSR count). The number of aromatic nitrogens is 1. The van der Waals surface area contributed by atoms with Crippen molar-refractivity contribution in [2.75, 3.05) is 11.4 Å². The summed E-state index contributed by atoms with van der Waals surface area (Å²) in [5, 5.41) is 22.5. The van der Waals surface area contributed by atoms with Crippen molar-refractivity contribution in [1.29, 1.82) is 5.41 Å². The first-order valence-electron chi connectivity index (χ1n) is 8.94. The number of rotatable bonds is 3. The van der Waals surface area contributed by atoms with E-state index >= 15 is 0 Å². The topological polar surface area (TPSA) is 60.2 Å². The fourth-order valence-corrected chi connectivity index (χ4v) is 4.39. The van der Waals surface area contributed by atoms with E-state index in [0.717, 1.165) is 22.5 Å². The number of amidine groups is 1. The molecule has 0 unspecified atom stereocenters. The van der Waals surface area contributed by atoms with Crippen molar-refractivity contribution in [3.63, 3.8) is 0 Å². The first-order chi connectivity index (χ1) is 13.4. The highest BCUT2D eigenvalue weighted by atomic mass is 35.5. The highest BCUT2D eigenvalue weighted by Crippen LogP contribution is 2.36. The number of nitrogens with zero attached hydrogens (tertiary/aromatic N) is 2. The molecule has 0 saturated carbocycles. The summed E-state index contributed by atoms with van der Waals surface area (Å²) < 4.78 is 0. The van der Waals surface area contributed by atoms with Gasteiger partial charge in [-0.1, -0.05) is 29.8 Å². The van der Waals surface area contributed by atoms with Crippen LogP contribution in [0.2, 0.25) is 5.02 Å². The maximum atomic E-state index is 10.6. The molecule has 0 amide bonds. The van der Waals surface area contributed by atoms with Crippen LogP contribution in [0, 0.1) is 26.2 Å². The number of nitrogens with one attached hydrogen (secondary N) is 1. The zero-order valence-corrected chi connectivity index (χ0v) is 17.4. The highest BCUT2D eigenvalue weighted by Gasteiger charge is 2.32. The molecule has 2 heterocycles. The minimum Gasteiger partial charge on any atom is -0.510 e. The van der Waals surface area contributed by atoms with Crippen molar-refractivity contribution in [2.24, 2.45) is 0 Å². The average Bonchev–Trinajstić information content (AvgIpc) is 3.24. The van der Waals surface area contributed by atoms with Gasteiger partial charge in [0.05, 0.1) is 17.8 Å². The van der Waals surface area contributed by atoms with Crippen LogP contribution in [0.3, 0.4) is 0 Å². The van der Waals surface area contributed by atoms with Gasteiger partial charge in [-0.15, -0.1) is 11.3 Å². The Morgan fingerprint density at radius 3 is 2.68 bits per heavy atom. The van der Waals surface area contributed by atoms with Crippen LogP contribution >= 0.6 is 22.9 Å². The van der Waals surface area contributed by atoms with E-state index in [1.807, 2.05) is 30.5 Å². The third-order valence-corrected chi connectivity index (χ3v) is 6.42. The summed E-state index contributed by atoms with van der Waals surface area (Å²) in [4.78, 5) is 6.48. The number of aryl methyl sites for hydroxylation is 2. The van der Waals surface area contributed by atoms with Crippen LogP contribution < -0.4 is 4.90 Å². The number of hydrogen-bond donors (Lipinski definition) is 2. The van der Waals surface area contributed by atoms with Gasteiger partial charge in [0, 0.05) is 21.7 Å². The van der Waals surface area contributed by atoms with E-state index in [1.165, 1.54) is 22.5 Å². The smallest absolute Gasteiger partial charge is 0.139 e. The number of thiazole rings is 1. The van der Waals surface area contributed by atoms with Crippen molar-refractivity contribution in [2.45, 2.75) is 20.8 Å². The lowest BCUT2D eigenvalue weighted by atomic mass is 10.1. The second kappa shape index (κ2) is 7.08. The number of halogens is 1. The van der Waals surface area contributed by atoms with Gasteiger partial charge in [-0.05, 0) is 55.7 Å². The van der Waals surface area contributed by atoms with Gasteiger partial charge in [-0.25, -0.2) is 4.98 Å². The van der Waals surface area contributed by atoms with Crippen LogP contribution in [-0.2, 0) is 0 Å². The molecule has 3 aromatic rings. The van der Waals surface area contributed by atoms with Crippen LogP contribution in [0.25, 0.3) is 16.8 Å². The van der Waals surface area contributed by atoms with Crippen LogP contribution in [0.1, 0.15) is 21.7 Å². The molecule has 142 valence electrons. The van der Waals surface area contributed by atoms with Crippen LogP contribution in [0.15, 0.2) is 47.5 Å². The molecule has 1 aliphatic rings. The lowest BCUT2D eigenvalue weighted by molar-refractivity contribution is 0.411. The molecule has 2 N–H and O–H groups in total. The van der Waals surface area contributed by atoms with E-state index in [0.29, 0.717) is 15.6 Å². The Bertz CT molecular complexity index is 1130. The van der Waals surface area contributed by atoms with Gasteiger partial charge in [0.1, 0.15) is 16.6 Å². The first kappa shape index (κ1) is 18.7. The summed E-state index contributed by atoms with van der Waals surface area (Å²) in [5.74, 6) is 0.397. The minimum atomic E-state index is 0.158. The quantitative estimate of drug-likeness (QED) is 0.544. The molecule has 0 atom stereocenters. The predicted octanol–water partition coefficient (Wildman–Crippen LogP) is 6.16. The van der Waals surface area contributed by atoms with Gasteiger partial charge >= 0.3 is 0 Å². The molecule has 0 aliphatic carbocycles. The second-order valence-corrected chi connectivity index (χ2v) is 8.24. The molecule has 6 heteroatoms. The Morgan fingerprint density at radius 2 is 1.93 bits per heavy atom. The largest absolute Gasteiger partial charge is 0.510 e. The summed E-state index contributed by atoms with van der Waals surface area (Å²) >= 11 is 7.68. The molecule has 0 bridgehead atoms. The van der Waals surface area contributed by atoms with Crippen molar-refractivity contribution < 1.29 is 5.11 Å². The fraction of sp³-hybridized carbons (Fsp3) is 0.182.